The molecule has 164 valence electrons. The van der Waals surface area contributed by atoms with Gasteiger partial charge in [-0.3, -0.25) is 4.79 Å². The summed E-state index contributed by atoms with van der Waals surface area (Å²) in [5.41, 5.74) is 0.533. The largest absolute Gasteiger partial charge is 0.494 e. The van der Waals surface area contributed by atoms with Gasteiger partial charge in [-0.1, -0.05) is 17.7 Å². The van der Waals surface area contributed by atoms with Crippen LogP contribution in [0.4, 0.5) is 4.39 Å². The fourth-order valence-corrected chi connectivity index (χ4v) is 4.52. The van der Waals surface area contributed by atoms with Gasteiger partial charge < -0.3 is 10.1 Å². The number of benzene rings is 2. The molecule has 30 heavy (non-hydrogen) atoms. The average molecular weight is 475 g/mol. The van der Waals surface area contributed by atoms with Crippen molar-refractivity contribution in [3.63, 3.8) is 0 Å². The summed E-state index contributed by atoms with van der Waals surface area (Å²) in [5.74, 6) is -0.359. The minimum atomic E-state index is -3.92. The van der Waals surface area contributed by atoms with Gasteiger partial charge in [0.05, 0.1) is 18.0 Å². The van der Waals surface area contributed by atoms with E-state index in [1.54, 1.807) is 13.0 Å². The predicted molar refractivity (Wildman–Crippen MR) is 118 cm³/mol. The van der Waals surface area contributed by atoms with Gasteiger partial charge in [-0.05, 0) is 67.3 Å². The summed E-state index contributed by atoms with van der Waals surface area (Å²) in [5, 5.41) is 3.16. The van der Waals surface area contributed by atoms with Crippen LogP contribution in [0.1, 0.15) is 24.9 Å². The average Bonchev–Trinajstić information content (AvgIpc) is 2.71. The van der Waals surface area contributed by atoms with Crippen LogP contribution < -0.4 is 14.8 Å². The Morgan fingerprint density at radius 2 is 1.90 bits per heavy atom. The third-order valence-electron chi connectivity index (χ3n) is 4.38. The molecule has 0 saturated carbocycles. The first kappa shape index (κ1) is 24.5. The monoisotopic (exact) mass is 474 g/mol. The zero-order chi connectivity index (χ0) is 22.3. The molecule has 2 rings (SSSR count). The molecule has 1 amide bonds. The second kappa shape index (κ2) is 11.0. The van der Waals surface area contributed by atoms with E-state index in [0.717, 1.165) is 0 Å². The number of ether oxygens (including phenoxy) is 1. The molecule has 0 heterocycles. The molecule has 0 aromatic heterocycles. The smallest absolute Gasteiger partial charge is 0.241 e. The first-order valence-electron chi connectivity index (χ1n) is 9.08. The van der Waals surface area contributed by atoms with Crippen molar-refractivity contribution in [1.29, 1.82) is 0 Å². The highest BCUT2D eigenvalue weighted by Crippen LogP contribution is 2.22. The van der Waals surface area contributed by atoms with Gasteiger partial charge in [-0.2, -0.15) is 16.5 Å². The molecule has 0 aliphatic heterocycles. The van der Waals surface area contributed by atoms with E-state index in [-0.39, 0.29) is 10.6 Å². The maximum Gasteiger partial charge on any atom is 0.241 e. The molecule has 2 aromatic rings. The molecule has 2 unspecified atom stereocenters. The lowest BCUT2D eigenvalue weighted by Gasteiger charge is -2.22. The lowest BCUT2D eigenvalue weighted by Crippen LogP contribution is -2.47. The molecule has 6 nitrogen and oxygen atoms in total. The molecule has 0 spiro atoms. The molecular weight excluding hydrogens is 451 g/mol. The van der Waals surface area contributed by atoms with Crippen LogP contribution in [0.15, 0.2) is 47.4 Å². The van der Waals surface area contributed by atoms with Crippen molar-refractivity contribution in [1.82, 2.24) is 10.0 Å². The Bertz CT molecular complexity index is 971. The summed E-state index contributed by atoms with van der Waals surface area (Å²) >= 11 is 7.31. The Labute approximate surface area is 185 Å². The van der Waals surface area contributed by atoms with Crippen molar-refractivity contribution in [2.45, 2.75) is 30.3 Å². The van der Waals surface area contributed by atoms with Crippen LogP contribution >= 0.6 is 23.4 Å². The molecular formula is C20H24ClFN2O4S2. The second-order valence-corrected chi connectivity index (χ2v) is 9.67. The fraction of sp³-hybridized carbons (Fsp3) is 0.350. The molecule has 0 aliphatic rings. The fourth-order valence-electron chi connectivity index (χ4n) is 2.70. The number of hydrogen-bond donors (Lipinski definition) is 2. The number of nitrogens with one attached hydrogen (secondary N) is 2. The van der Waals surface area contributed by atoms with Gasteiger partial charge in [0, 0.05) is 5.02 Å². The summed E-state index contributed by atoms with van der Waals surface area (Å²) in [7, 11) is -2.56. The van der Waals surface area contributed by atoms with Crippen LogP contribution in [0.25, 0.3) is 0 Å². The SMILES string of the molecule is COc1ccc(C(C)NC(=O)C(CCSC)NS(=O)(=O)c2ccc(Cl)cc2)cc1F. The highest BCUT2D eigenvalue weighted by atomic mass is 35.5. The van der Waals surface area contributed by atoms with Crippen molar-refractivity contribution in [2.75, 3.05) is 19.1 Å². The van der Waals surface area contributed by atoms with E-state index in [4.69, 9.17) is 16.3 Å². The van der Waals surface area contributed by atoms with E-state index in [2.05, 4.69) is 10.0 Å². The van der Waals surface area contributed by atoms with E-state index in [1.807, 2.05) is 6.26 Å². The maximum atomic E-state index is 14.0. The summed E-state index contributed by atoms with van der Waals surface area (Å²) in [6, 6.07) is 8.55. The van der Waals surface area contributed by atoms with Gasteiger partial charge >= 0.3 is 0 Å². The lowest BCUT2D eigenvalue weighted by atomic mass is 10.1. The number of sulfonamides is 1. The molecule has 0 aliphatic carbocycles. The van der Waals surface area contributed by atoms with E-state index >= 15 is 0 Å². The summed E-state index contributed by atoms with van der Waals surface area (Å²) < 4.78 is 46.7. The standard InChI is InChI=1S/C20H24ClFN2O4S2/c1-13(14-4-9-19(28-2)17(22)12-14)23-20(25)18(10-11-29-3)24-30(26,27)16-7-5-15(21)6-8-16/h4-9,12-13,18,24H,10-11H2,1-3H3,(H,23,25). The summed E-state index contributed by atoms with van der Waals surface area (Å²) in [4.78, 5) is 12.8. The summed E-state index contributed by atoms with van der Waals surface area (Å²) in [6.45, 7) is 1.69. The number of halogens is 2. The first-order valence-corrected chi connectivity index (χ1v) is 12.3. The Hall–Kier alpha value is -1.81. The lowest BCUT2D eigenvalue weighted by molar-refractivity contribution is -0.123. The third kappa shape index (κ3) is 6.60. The summed E-state index contributed by atoms with van der Waals surface area (Å²) in [6.07, 6.45) is 2.16. The minimum absolute atomic E-state index is 0.0131. The van der Waals surface area contributed by atoms with Crippen LogP contribution in [0.2, 0.25) is 5.02 Å². The Morgan fingerprint density at radius 1 is 1.23 bits per heavy atom. The Kier molecular flexibility index (Phi) is 8.96. The normalized spacial score (nSPS) is 13.5. The molecule has 0 bridgehead atoms. The highest BCUT2D eigenvalue weighted by molar-refractivity contribution is 7.98. The number of carbonyl (C=O) groups is 1. The van der Waals surface area contributed by atoms with Gasteiger partial charge in [0.2, 0.25) is 15.9 Å². The third-order valence-corrected chi connectivity index (χ3v) is 6.77. The molecule has 2 aromatic carbocycles. The van der Waals surface area contributed by atoms with E-state index in [0.29, 0.717) is 22.8 Å². The van der Waals surface area contributed by atoms with Crippen molar-refractivity contribution >= 4 is 39.3 Å². The zero-order valence-corrected chi connectivity index (χ0v) is 19.2. The number of rotatable bonds is 10. The van der Waals surface area contributed by atoms with E-state index in [9.17, 15) is 17.6 Å². The highest BCUT2D eigenvalue weighted by Gasteiger charge is 2.26. The van der Waals surface area contributed by atoms with E-state index < -0.39 is 33.8 Å². The number of amides is 1. The number of thioether (sulfide) groups is 1. The predicted octanol–water partition coefficient (Wildman–Crippen LogP) is 3.77. The minimum Gasteiger partial charge on any atom is -0.494 e. The van der Waals surface area contributed by atoms with Crippen LogP contribution in [0, 0.1) is 5.82 Å². The number of carbonyl (C=O) groups excluding carboxylic acids is 1. The van der Waals surface area contributed by atoms with Gasteiger partial charge in [-0.25, -0.2) is 12.8 Å². The first-order chi connectivity index (χ1) is 14.2. The maximum absolute atomic E-state index is 14.0. The van der Waals surface area contributed by atoms with Crippen LogP contribution in [0.5, 0.6) is 5.75 Å². The van der Waals surface area contributed by atoms with E-state index in [1.165, 1.54) is 55.3 Å². The topological polar surface area (TPSA) is 84.5 Å². The number of hydrogen-bond acceptors (Lipinski definition) is 5. The molecule has 10 heteroatoms. The van der Waals surface area contributed by atoms with Gasteiger partial charge in [0.15, 0.2) is 11.6 Å². The van der Waals surface area contributed by atoms with Gasteiger partial charge in [-0.15, -0.1) is 0 Å². The Balaban J connectivity index is 2.16. The van der Waals surface area contributed by atoms with Crippen molar-refractivity contribution < 1.29 is 22.3 Å². The van der Waals surface area contributed by atoms with Gasteiger partial charge in [0.1, 0.15) is 6.04 Å². The molecule has 2 atom stereocenters. The Morgan fingerprint density at radius 3 is 2.47 bits per heavy atom. The second-order valence-electron chi connectivity index (χ2n) is 6.53. The zero-order valence-electron chi connectivity index (χ0n) is 16.8. The molecule has 2 N–H and O–H groups in total. The van der Waals surface area contributed by atoms with Crippen molar-refractivity contribution in [3.8, 4) is 5.75 Å². The molecule has 0 fully saturated rings. The van der Waals surface area contributed by atoms with Crippen molar-refractivity contribution in [2.24, 2.45) is 0 Å². The van der Waals surface area contributed by atoms with Crippen LogP contribution in [-0.2, 0) is 14.8 Å². The molecule has 0 saturated heterocycles. The molecule has 0 radical (unpaired) electrons. The van der Waals surface area contributed by atoms with Crippen LogP contribution in [0.3, 0.4) is 0 Å². The van der Waals surface area contributed by atoms with Gasteiger partial charge in [0.25, 0.3) is 0 Å². The number of methoxy groups -OCH3 is 1. The van der Waals surface area contributed by atoms with Crippen molar-refractivity contribution in [3.05, 3.63) is 58.9 Å². The quantitative estimate of drug-likeness (QED) is 0.547. The van der Waals surface area contributed by atoms with Crippen LogP contribution in [-0.4, -0.2) is 39.5 Å².